The minimum absolute atomic E-state index is 0.130. The van der Waals surface area contributed by atoms with Crippen molar-refractivity contribution in [2.45, 2.75) is 0 Å². The summed E-state index contributed by atoms with van der Waals surface area (Å²) < 4.78 is 16.8. The number of primary amides is 1. The Hall–Kier alpha value is -1.93. The lowest BCUT2D eigenvalue weighted by atomic mass is 10.0. The molecule has 0 spiro atoms. The number of nitrogens with two attached hydrogens (primary N) is 1. The van der Waals surface area contributed by atoms with E-state index in [4.69, 9.17) is 31.5 Å². The minimum Gasteiger partial charge on any atom is -0.490 e. The van der Waals surface area contributed by atoms with Gasteiger partial charge in [-0.3, -0.25) is 9.79 Å². The number of rotatable bonds is 11. The molecule has 0 radical (unpaired) electrons. The molecule has 0 saturated heterocycles. The van der Waals surface area contributed by atoms with Gasteiger partial charge in [0, 0.05) is 23.3 Å². The van der Waals surface area contributed by atoms with Gasteiger partial charge in [0.1, 0.15) is 18.9 Å². The Kier molecular flexibility index (Phi) is 9.43. The zero-order valence-electron chi connectivity index (χ0n) is 15.5. The molecule has 2 N–H and O–H groups in total. The number of carbonyl (C=O) groups is 1. The van der Waals surface area contributed by atoms with Crippen LogP contribution < -0.4 is 10.5 Å². The summed E-state index contributed by atoms with van der Waals surface area (Å²) in [5, 5.41) is 0.537. The summed E-state index contributed by atoms with van der Waals surface area (Å²) in [5.74, 6) is 0.157. The zero-order chi connectivity index (χ0) is 20.4. The predicted octanol–water partition coefficient (Wildman–Crippen LogP) is 3.47. The van der Waals surface area contributed by atoms with Crippen molar-refractivity contribution in [3.05, 3.63) is 63.1 Å². The van der Waals surface area contributed by atoms with Gasteiger partial charge in [-0.2, -0.15) is 0 Å². The van der Waals surface area contributed by atoms with Gasteiger partial charge in [0.05, 0.1) is 30.0 Å². The number of nitrogens with zero attached hydrogens (tertiary/aromatic N) is 1. The van der Waals surface area contributed by atoms with Crippen LogP contribution in [0.25, 0.3) is 0 Å². The average molecular weight is 470 g/mol. The lowest BCUT2D eigenvalue weighted by Gasteiger charge is -2.13. The number of carbonyl (C=O) groups excluding carboxylic acids is 1. The van der Waals surface area contributed by atoms with Crippen LogP contribution in [0.15, 0.2) is 51.9 Å². The zero-order valence-corrected chi connectivity index (χ0v) is 17.8. The van der Waals surface area contributed by atoms with Crippen molar-refractivity contribution in [1.29, 1.82) is 0 Å². The van der Waals surface area contributed by atoms with Crippen LogP contribution in [0.3, 0.4) is 0 Å². The van der Waals surface area contributed by atoms with Crippen LogP contribution in [0.2, 0.25) is 5.02 Å². The lowest BCUT2D eigenvalue weighted by Crippen LogP contribution is -2.16. The van der Waals surface area contributed by atoms with Gasteiger partial charge >= 0.3 is 0 Å². The molecule has 0 unspecified atom stereocenters. The topological polar surface area (TPSA) is 83.1 Å². The van der Waals surface area contributed by atoms with E-state index >= 15 is 0 Å². The summed E-state index contributed by atoms with van der Waals surface area (Å²) in [4.78, 5) is 15.6. The largest absolute Gasteiger partial charge is 0.490 e. The molecule has 0 aliphatic rings. The number of methoxy groups -OCH3 is 1. The molecule has 0 aliphatic carbocycles. The van der Waals surface area contributed by atoms with Gasteiger partial charge in [-0.25, -0.2) is 0 Å². The van der Waals surface area contributed by atoms with Crippen molar-refractivity contribution in [3.8, 4) is 5.75 Å². The van der Waals surface area contributed by atoms with E-state index < -0.39 is 5.91 Å². The summed E-state index contributed by atoms with van der Waals surface area (Å²) in [6.45, 7) is 1.82. The van der Waals surface area contributed by atoms with Crippen molar-refractivity contribution in [2.75, 3.05) is 40.1 Å². The first-order valence-corrected chi connectivity index (χ1v) is 9.77. The maximum Gasteiger partial charge on any atom is 0.239 e. The van der Waals surface area contributed by atoms with Crippen LogP contribution in [0.4, 0.5) is 0 Å². The van der Waals surface area contributed by atoms with Crippen LogP contribution in [0.1, 0.15) is 11.1 Å². The van der Waals surface area contributed by atoms with E-state index in [-0.39, 0.29) is 6.54 Å². The van der Waals surface area contributed by atoms with Gasteiger partial charge in [-0.05, 0) is 40.2 Å². The summed E-state index contributed by atoms with van der Waals surface area (Å²) >= 11 is 9.83. The van der Waals surface area contributed by atoms with E-state index in [1.54, 1.807) is 13.2 Å². The molecule has 0 saturated carbocycles. The van der Waals surface area contributed by atoms with E-state index in [9.17, 15) is 4.79 Å². The van der Waals surface area contributed by atoms with Crippen LogP contribution in [0, 0.1) is 0 Å². The molecule has 28 heavy (non-hydrogen) atoms. The molecule has 0 atom stereocenters. The van der Waals surface area contributed by atoms with Crippen molar-refractivity contribution in [1.82, 2.24) is 0 Å². The minimum atomic E-state index is -0.517. The number of hydrogen-bond donors (Lipinski definition) is 1. The first kappa shape index (κ1) is 22.4. The standard InChI is InChI=1S/C20H22BrClN2O4/c1-26-8-9-27-10-11-28-18-7-6-14(12-16(18)21)20(24-13-19(23)25)15-4-2-3-5-17(15)22/h2-7,12H,8-11,13H2,1H3,(H2,23,25). The van der Waals surface area contributed by atoms with Crippen molar-refractivity contribution in [2.24, 2.45) is 10.7 Å². The number of ether oxygens (including phenoxy) is 3. The highest BCUT2D eigenvalue weighted by Crippen LogP contribution is 2.28. The molecule has 150 valence electrons. The predicted molar refractivity (Wildman–Crippen MR) is 113 cm³/mol. The Balaban J connectivity index is 2.16. The molecule has 8 heteroatoms. The van der Waals surface area contributed by atoms with Crippen LogP contribution >= 0.6 is 27.5 Å². The van der Waals surface area contributed by atoms with Gasteiger partial charge < -0.3 is 19.9 Å². The average Bonchev–Trinajstić information content (AvgIpc) is 2.67. The third-order valence-corrected chi connectivity index (χ3v) is 4.59. The third kappa shape index (κ3) is 6.91. The van der Waals surface area contributed by atoms with Gasteiger partial charge in [-0.15, -0.1) is 0 Å². The number of benzene rings is 2. The summed E-state index contributed by atoms with van der Waals surface area (Å²) in [5.41, 5.74) is 7.34. The smallest absolute Gasteiger partial charge is 0.239 e. The molecular formula is C20H22BrClN2O4. The first-order chi connectivity index (χ1) is 13.5. The molecule has 1 amide bonds. The molecule has 2 rings (SSSR count). The highest BCUT2D eigenvalue weighted by molar-refractivity contribution is 9.10. The van der Waals surface area contributed by atoms with Gasteiger partial charge in [-0.1, -0.05) is 29.8 Å². The van der Waals surface area contributed by atoms with Crippen molar-refractivity contribution >= 4 is 39.1 Å². The molecule has 0 fully saturated rings. The van der Waals surface area contributed by atoms with Crippen LogP contribution in [-0.4, -0.2) is 51.7 Å². The molecule has 0 aromatic heterocycles. The van der Waals surface area contributed by atoms with E-state index in [1.165, 1.54) is 0 Å². The number of amides is 1. The Morgan fingerprint density at radius 3 is 2.57 bits per heavy atom. The second-order valence-corrected chi connectivity index (χ2v) is 6.97. The molecular weight excluding hydrogens is 448 g/mol. The highest BCUT2D eigenvalue weighted by atomic mass is 79.9. The molecule has 6 nitrogen and oxygen atoms in total. The summed E-state index contributed by atoms with van der Waals surface area (Å²) in [6, 6.07) is 12.9. The second kappa shape index (κ2) is 11.8. The van der Waals surface area contributed by atoms with Gasteiger partial charge in [0.2, 0.25) is 5.91 Å². The SMILES string of the molecule is COCCOCCOc1ccc(C(=NCC(N)=O)c2ccccc2Cl)cc1Br. The number of halogens is 2. The first-order valence-electron chi connectivity index (χ1n) is 8.60. The fourth-order valence-electron chi connectivity index (χ4n) is 2.36. The molecule has 2 aromatic rings. The number of hydrogen-bond acceptors (Lipinski definition) is 5. The van der Waals surface area contributed by atoms with E-state index in [1.807, 2.05) is 36.4 Å². The summed E-state index contributed by atoms with van der Waals surface area (Å²) in [7, 11) is 1.63. The monoisotopic (exact) mass is 468 g/mol. The van der Waals surface area contributed by atoms with E-state index in [0.29, 0.717) is 42.9 Å². The Labute approximate surface area is 177 Å². The Bertz CT molecular complexity index is 830. The quantitative estimate of drug-likeness (QED) is 0.403. The van der Waals surface area contributed by atoms with Crippen LogP contribution in [-0.2, 0) is 14.3 Å². The fraction of sp³-hybridized carbons (Fsp3) is 0.300. The maximum absolute atomic E-state index is 11.2. The third-order valence-electron chi connectivity index (χ3n) is 3.64. The molecule has 0 bridgehead atoms. The van der Waals surface area contributed by atoms with Crippen molar-refractivity contribution < 1.29 is 19.0 Å². The second-order valence-electron chi connectivity index (χ2n) is 5.71. The van der Waals surface area contributed by atoms with Crippen LogP contribution in [0.5, 0.6) is 5.75 Å². The Morgan fingerprint density at radius 1 is 1.14 bits per heavy atom. The molecule has 2 aromatic carbocycles. The normalized spacial score (nSPS) is 11.5. The highest BCUT2D eigenvalue weighted by Gasteiger charge is 2.13. The molecule has 0 aliphatic heterocycles. The maximum atomic E-state index is 11.2. The fourth-order valence-corrected chi connectivity index (χ4v) is 3.08. The van der Waals surface area contributed by atoms with Gasteiger partial charge in [0.25, 0.3) is 0 Å². The number of aliphatic imine (C=N–C) groups is 1. The van der Waals surface area contributed by atoms with Gasteiger partial charge in [0.15, 0.2) is 0 Å². The van der Waals surface area contributed by atoms with E-state index in [2.05, 4.69) is 20.9 Å². The molecule has 0 heterocycles. The Morgan fingerprint density at radius 2 is 1.89 bits per heavy atom. The van der Waals surface area contributed by atoms with E-state index in [0.717, 1.165) is 15.6 Å². The van der Waals surface area contributed by atoms with Crippen molar-refractivity contribution in [3.63, 3.8) is 0 Å². The lowest BCUT2D eigenvalue weighted by molar-refractivity contribution is -0.116. The summed E-state index contributed by atoms with van der Waals surface area (Å²) in [6.07, 6.45) is 0.